The largest absolute Gasteiger partial charge is 0.444 e. The second-order valence-corrected chi connectivity index (χ2v) is 7.94. The first-order valence-electron chi connectivity index (χ1n) is 7.79. The van der Waals surface area contributed by atoms with Crippen LogP contribution in [0.1, 0.15) is 67.2 Å². The van der Waals surface area contributed by atoms with E-state index in [1.165, 1.54) is 0 Å². The summed E-state index contributed by atoms with van der Waals surface area (Å²) in [6.07, 6.45) is 3.81. The Balaban J connectivity index is 2.67. The maximum absolute atomic E-state index is 12.5. The number of amides is 2. The van der Waals surface area contributed by atoms with Crippen LogP contribution >= 0.6 is 0 Å². The van der Waals surface area contributed by atoms with E-state index in [1.54, 1.807) is 20.8 Å². The Bertz CT molecular complexity index is 374. The predicted octanol–water partition coefficient (Wildman–Crippen LogP) is 2.98. The highest BCUT2D eigenvalue weighted by Crippen LogP contribution is 2.22. The van der Waals surface area contributed by atoms with E-state index in [0.717, 1.165) is 25.7 Å². The molecule has 5 heteroatoms. The summed E-state index contributed by atoms with van der Waals surface area (Å²) in [6, 6.07) is -0.365. The van der Waals surface area contributed by atoms with Crippen molar-refractivity contribution in [3.05, 3.63) is 0 Å². The molecule has 0 aromatic carbocycles. The molecule has 21 heavy (non-hydrogen) atoms. The van der Waals surface area contributed by atoms with Gasteiger partial charge in [0.1, 0.15) is 11.6 Å². The second kappa shape index (κ2) is 6.67. The van der Waals surface area contributed by atoms with Crippen molar-refractivity contribution >= 4 is 12.0 Å². The first kappa shape index (κ1) is 17.8. The Morgan fingerprint density at radius 3 is 2.00 bits per heavy atom. The molecule has 1 atom stereocenters. The Kier molecular flexibility index (Phi) is 5.65. The lowest BCUT2D eigenvalue weighted by atomic mass is 9.86. The molecule has 1 fully saturated rings. The van der Waals surface area contributed by atoms with Crippen LogP contribution in [0.15, 0.2) is 0 Å². The van der Waals surface area contributed by atoms with Gasteiger partial charge >= 0.3 is 6.09 Å². The van der Waals surface area contributed by atoms with E-state index < -0.39 is 17.7 Å². The Morgan fingerprint density at radius 2 is 1.57 bits per heavy atom. The topological polar surface area (TPSA) is 67.4 Å². The van der Waals surface area contributed by atoms with Gasteiger partial charge in [0.05, 0.1) is 0 Å². The second-order valence-electron chi connectivity index (χ2n) is 7.94. The van der Waals surface area contributed by atoms with Gasteiger partial charge in [-0.05, 0) is 39.0 Å². The van der Waals surface area contributed by atoms with Crippen LogP contribution in [0.4, 0.5) is 4.79 Å². The van der Waals surface area contributed by atoms with Gasteiger partial charge in [0.2, 0.25) is 5.91 Å². The molecule has 0 unspecified atom stereocenters. The third-order valence-corrected chi connectivity index (χ3v) is 3.49. The standard InChI is InChI=1S/C16H30N2O3/c1-15(2,3)12(18-14(20)21-16(4,5)6)13(19)17-11-9-7-8-10-11/h11-12H,7-10H2,1-6H3,(H,17,19)(H,18,20)/t12-/m1/s1. The molecule has 0 aromatic rings. The summed E-state index contributed by atoms with van der Waals surface area (Å²) in [4.78, 5) is 24.4. The van der Waals surface area contributed by atoms with Crippen molar-refractivity contribution in [1.82, 2.24) is 10.6 Å². The number of ether oxygens (including phenoxy) is 1. The van der Waals surface area contributed by atoms with Gasteiger partial charge in [-0.2, -0.15) is 0 Å². The fourth-order valence-electron chi connectivity index (χ4n) is 2.46. The maximum Gasteiger partial charge on any atom is 0.408 e. The van der Waals surface area contributed by atoms with E-state index in [-0.39, 0.29) is 17.4 Å². The third-order valence-electron chi connectivity index (χ3n) is 3.49. The van der Waals surface area contributed by atoms with Crippen molar-refractivity contribution in [1.29, 1.82) is 0 Å². The average Bonchev–Trinajstić information content (AvgIpc) is 2.74. The molecule has 1 rings (SSSR count). The van der Waals surface area contributed by atoms with Gasteiger partial charge in [-0.3, -0.25) is 4.79 Å². The molecule has 0 saturated heterocycles. The number of nitrogens with one attached hydrogen (secondary N) is 2. The van der Waals surface area contributed by atoms with Crippen molar-refractivity contribution in [2.45, 2.75) is 84.9 Å². The molecule has 0 aliphatic heterocycles. The maximum atomic E-state index is 12.5. The lowest BCUT2D eigenvalue weighted by Crippen LogP contribution is -2.55. The molecule has 1 aliphatic carbocycles. The smallest absolute Gasteiger partial charge is 0.408 e. The summed E-state index contributed by atoms with van der Waals surface area (Å²) < 4.78 is 5.25. The zero-order valence-electron chi connectivity index (χ0n) is 14.2. The van der Waals surface area contributed by atoms with Crippen LogP contribution in [0, 0.1) is 5.41 Å². The third kappa shape index (κ3) is 6.36. The lowest BCUT2D eigenvalue weighted by Gasteiger charge is -2.32. The van der Waals surface area contributed by atoms with Crippen molar-refractivity contribution in [2.24, 2.45) is 5.41 Å². The molecule has 5 nitrogen and oxygen atoms in total. The van der Waals surface area contributed by atoms with Gasteiger partial charge < -0.3 is 15.4 Å². The van der Waals surface area contributed by atoms with E-state index >= 15 is 0 Å². The fourth-order valence-corrected chi connectivity index (χ4v) is 2.46. The molecule has 0 spiro atoms. The number of rotatable bonds is 3. The number of carbonyl (C=O) groups is 2. The van der Waals surface area contributed by atoms with E-state index in [9.17, 15) is 9.59 Å². The van der Waals surface area contributed by atoms with Gasteiger partial charge in [0.15, 0.2) is 0 Å². The molecule has 1 saturated carbocycles. The molecule has 2 N–H and O–H groups in total. The molecule has 122 valence electrons. The summed E-state index contributed by atoms with van der Waals surface area (Å²) in [5.74, 6) is -0.125. The minimum absolute atomic E-state index is 0.125. The molecular weight excluding hydrogens is 268 g/mol. The molecular formula is C16H30N2O3. The van der Waals surface area contributed by atoms with Gasteiger partial charge in [-0.25, -0.2) is 4.79 Å². The molecule has 1 aliphatic rings. The first-order chi connectivity index (χ1) is 9.49. The van der Waals surface area contributed by atoms with Crippen LogP contribution in [0.3, 0.4) is 0 Å². The SMILES string of the molecule is CC(C)(C)OC(=O)N[C@H](C(=O)NC1CCCC1)C(C)(C)C. The predicted molar refractivity (Wildman–Crippen MR) is 83.0 cm³/mol. The zero-order valence-corrected chi connectivity index (χ0v) is 14.2. The van der Waals surface area contributed by atoms with Gasteiger partial charge in [0.25, 0.3) is 0 Å². The van der Waals surface area contributed by atoms with E-state index in [2.05, 4.69) is 10.6 Å². The highest BCUT2D eigenvalue weighted by Gasteiger charge is 2.35. The van der Waals surface area contributed by atoms with E-state index in [1.807, 2.05) is 20.8 Å². The van der Waals surface area contributed by atoms with Gasteiger partial charge in [0, 0.05) is 6.04 Å². The highest BCUT2D eigenvalue weighted by atomic mass is 16.6. The number of carbonyl (C=O) groups excluding carboxylic acids is 2. The minimum atomic E-state index is -0.604. The molecule has 2 amide bonds. The van der Waals surface area contributed by atoms with E-state index in [4.69, 9.17) is 4.74 Å². The number of hydrogen-bond donors (Lipinski definition) is 2. The lowest BCUT2D eigenvalue weighted by molar-refractivity contribution is -0.126. The van der Waals surface area contributed by atoms with Crippen molar-refractivity contribution in [3.63, 3.8) is 0 Å². The minimum Gasteiger partial charge on any atom is -0.444 e. The van der Waals surface area contributed by atoms with Crippen molar-refractivity contribution < 1.29 is 14.3 Å². The van der Waals surface area contributed by atoms with Crippen LogP contribution in [0.5, 0.6) is 0 Å². The number of hydrogen-bond acceptors (Lipinski definition) is 3. The summed E-state index contributed by atoms with van der Waals surface area (Å²) >= 11 is 0. The molecule has 0 heterocycles. The first-order valence-corrected chi connectivity index (χ1v) is 7.79. The molecule has 0 radical (unpaired) electrons. The monoisotopic (exact) mass is 298 g/mol. The molecule has 0 aromatic heterocycles. The summed E-state index contributed by atoms with van der Waals surface area (Å²) in [7, 11) is 0. The highest BCUT2D eigenvalue weighted by molar-refractivity contribution is 5.86. The quantitative estimate of drug-likeness (QED) is 0.841. The normalized spacial score (nSPS) is 18.2. The summed E-state index contributed by atoms with van der Waals surface area (Å²) in [5, 5.41) is 5.76. The van der Waals surface area contributed by atoms with E-state index in [0.29, 0.717) is 0 Å². The van der Waals surface area contributed by atoms with Crippen LogP contribution in [-0.2, 0) is 9.53 Å². The van der Waals surface area contributed by atoms with Crippen LogP contribution in [0.2, 0.25) is 0 Å². The Labute approximate surface area is 128 Å². The van der Waals surface area contributed by atoms with Crippen LogP contribution in [-0.4, -0.2) is 29.7 Å². The Morgan fingerprint density at radius 1 is 1.05 bits per heavy atom. The van der Waals surface area contributed by atoms with Crippen molar-refractivity contribution in [3.8, 4) is 0 Å². The molecule has 0 bridgehead atoms. The Hall–Kier alpha value is -1.26. The average molecular weight is 298 g/mol. The van der Waals surface area contributed by atoms with Crippen molar-refractivity contribution in [2.75, 3.05) is 0 Å². The number of alkyl carbamates (subject to hydrolysis) is 1. The van der Waals surface area contributed by atoms with Crippen LogP contribution in [0.25, 0.3) is 0 Å². The van der Waals surface area contributed by atoms with Gasteiger partial charge in [-0.1, -0.05) is 33.6 Å². The summed E-state index contributed by atoms with van der Waals surface area (Å²) in [5.41, 5.74) is -0.950. The van der Waals surface area contributed by atoms with Crippen LogP contribution < -0.4 is 10.6 Å². The summed E-state index contributed by atoms with van der Waals surface area (Å²) in [6.45, 7) is 11.2. The fraction of sp³-hybridized carbons (Fsp3) is 0.875. The van der Waals surface area contributed by atoms with Gasteiger partial charge in [-0.15, -0.1) is 0 Å². The zero-order chi connectivity index (χ0) is 16.3.